The third-order valence-electron chi connectivity index (χ3n) is 3.07. The van der Waals surface area contributed by atoms with E-state index >= 15 is 0 Å². The molecule has 0 fully saturated rings. The van der Waals surface area contributed by atoms with E-state index in [0.29, 0.717) is 0 Å². The van der Waals surface area contributed by atoms with Gasteiger partial charge in [0.25, 0.3) is 0 Å². The Morgan fingerprint density at radius 2 is 1.94 bits per heavy atom. The van der Waals surface area contributed by atoms with Crippen LogP contribution in [0.5, 0.6) is 0 Å². The fourth-order valence-corrected chi connectivity index (χ4v) is 2.15. The number of cyclic esters (lactones) is 1. The van der Waals surface area contributed by atoms with E-state index in [0.717, 1.165) is 24.0 Å². The average molecular weight is 216 g/mol. The molecular weight excluding hydrogens is 200 g/mol. The van der Waals surface area contributed by atoms with Crippen LogP contribution in [0.25, 0.3) is 0 Å². The third-order valence-corrected chi connectivity index (χ3v) is 3.07. The van der Waals surface area contributed by atoms with Crippen LogP contribution in [-0.2, 0) is 16.0 Å². The fraction of sp³-hybridized carbons (Fsp3) is 0.357. The Balaban J connectivity index is 2.16. The van der Waals surface area contributed by atoms with E-state index in [2.05, 4.69) is 19.1 Å². The van der Waals surface area contributed by atoms with Crippen molar-refractivity contribution in [2.45, 2.75) is 32.8 Å². The molecule has 84 valence electrons. The summed E-state index contributed by atoms with van der Waals surface area (Å²) in [7, 11) is 0. The molecule has 0 saturated heterocycles. The predicted molar refractivity (Wildman–Crippen MR) is 63.0 cm³/mol. The molecule has 2 heteroatoms. The number of hydrogen-bond donors (Lipinski definition) is 0. The Morgan fingerprint density at radius 1 is 1.25 bits per heavy atom. The summed E-state index contributed by atoms with van der Waals surface area (Å²) in [5.41, 5.74) is 3.15. The second-order valence-electron chi connectivity index (χ2n) is 4.09. The van der Waals surface area contributed by atoms with E-state index in [-0.39, 0.29) is 12.1 Å². The molecule has 2 rings (SSSR count). The van der Waals surface area contributed by atoms with Crippen molar-refractivity contribution in [1.82, 2.24) is 0 Å². The molecular formula is C14H16O2. The number of carbonyl (C=O) groups is 1. The van der Waals surface area contributed by atoms with Gasteiger partial charge in [-0.1, -0.05) is 37.3 Å². The zero-order valence-electron chi connectivity index (χ0n) is 9.69. The number of rotatable bonds is 3. The fourth-order valence-electron chi connectivity index (χ4n) is 2.15. The van der Waals surface area contributed by atoms with Crippen molar-refractivity contribution in [3.63, 3.8) is 0 Å². The third kappa shape index (κ3) is 2.01. The van der Waals surface area contributed by atoms with Crippen molar-refractivity contribution in [3.05, 3.63) is 47.0 Å². The van der Waals surface area contributed by atoms with Crippen molar-refractivity contribution in [1.29, 1.82) is 0 Å². The van der Waals surface area contributed by atoms with Gasteiger partial charge in [0.2, 0.25) is 0 Å². The van der Waals surface area contributed by atoms with Gasteiger partial charge in [-0.25, -0.2) is 4.79 Å². The summed E-state index contributed by atoms with van der Waals surface area (Å²) in [5, 5.41) is 0. The Morgan fingerprint density at radius 3 is 2.56 bits per heavy atom. The lowest BCUT2D eigenvalue weighted by Gasteiger charge is -2.13. The molecule has 0 aromatic heterocycles. The highest BCUT2D eigenvalue weighted by molar-refractivity contribution is 5.91. The Hall–Kier alpha value is -1.57. The summed E-state index contributed by atoms with van der Waals surface area (Å²) < 4.78 is 5.37. The monoisotopic (exact) mass is 216 g/mol. The molecule has 0 radical (unpaired) electrons. The van der Waals surface area contributed by atoms with Crippen LogP contribution in [-0.4, -0.2) is 12.1 Å². The van der Waals surface area contributed by atoms with E-state index in [1.54, 1.807) is 0 Å². The van der Waals surface area contributed by atoms with Crippen molar-refractivity contribution < 1.29 is 9.53 Å². The van der Waals surface area contributed by atoms with Crippen LogP contribution in [0, 0.1) is 0 Å². The molecule has 0 amide bonds. The first-order valence-corrected chi connectivity index (χ1v) is 5.67. The number of hydrogen-bond acceptors (Lipinski definition) is 2. The highest BCUT2D eigenvalue weighted by Crippen LogP contribution is 2.27. The molecule has 0 N–H and O–H groups in total. The van der Waals surface area contributed by atoms with E-state index < -0.39 is 0 Å². The lowest BCUT2D eigenvalue weighted by Crippen LogP contribution is -2.14. The number of ether oxygens (including phenoxy) is 1. The van der Waals surface area contributed by atoms with Crippen LogP contribution in [0.3, 0.4) is 0 Å². The number of carbonyl (C=O) groups excluding carboxylic acids is 1. The SMILES string of the molecule is CCC1=C(C)C(=O)OC1Cc1ccccc1. The molecule has 1 aliphatic heterocycles. The molecule has 0 spiro atoms. The summed E-state index contributed by atoms with van der Waals surface area (Å²) in [6.07, 6.45) is 1.61. The summed E-state index contributed by atoms with van der Waals surface area (Å²) in [5.74, 6) is -0.155. The molecule has 1 aliphatic rings. The zero-order valence-corrected chi connectivity index (χ0v) is 9.69. The van der Waals surface area contributed by atoms with Crippen molar-refractivity contribution >= 4 is 5.97 Å². The molecule has 1 unspecified atom stereocenters. The van der Waals surface area contributed by atoms with Crippen LogP contribution in [0.1, 0.15) is 25.8 Å². The van der Waals surface area contributed by atoms with Gasteiger partial charge in [-0.3, -0.25) is 0 Å². The van der Waals surface area contributed by atoms with Crippen molar-refractivity contribution in [3.8, 4) is 0 Å². The minimum atomic E-state index is -0.155. The minimum Gasteiger partial charge on any atom is -0.454 e. The van der Waals surface area contributed by atoms with Gasteiger partial charge >= 0.3 is 5.97 Å². The summed E-state index contributed by atoms with van der Waals surface area (Å²) in [4.78, 5) is 11.5. The zero-order chi connectivity index (χ0) is 11.5. The van der Waals surface area contributed by atoms with Gasteiger partial charge in [0.1, 0.15) is 6.10 Å². The number of esters is 1. The Bertz CT molecular complexity index is 418. The maximum absolute atomic E-state index is 11.5. The summed E-state index contributed by atoms with van der Waals surface area (Å²) in [6.45, 7) is 3.92. The standard InChI is InChI=1S/C14H16O2/c1-3-12-10(2)14(15)16-13(12)9-11-7-5-4-6-8-11/h4-8,13H,3,9H2,1-2H3. The highest BCUT2D eigenvalue weighted by atomic mass is 16.5. The lowest BCUT2D eigenvalue weighted by atomic mass is 9.98. The van der Waals surface area contributed by atoms with E-state index in [1.165, 1.54) is 5.56 Å². The molecule has 1 aromatic carbocycles. The molecule has 1 aromatic rings. The van der Waals surface area contributed by atoms with Gasteiger partial charge in [0.15, 0.2) is 0 Å². The average Bonchev–Trinajstić information content (AvgIpc) is 2.56. The van der Waals surface area contributed by atoms with E-state index in [1.807, 2.05) is 25.1 Å². The smallest absolute Gasteiger partial charge is 0.334 e. The minimum absolute atomic E-state index is 0.0556. The van der Waals surface area contributed by atoms with Crippen LogP contribution < -0.4 is 0 Å². The maximum Gasteiger partial charge on any atom is 0.334 e. The molecule has 1 atom stereocenters. The van der Waals surface area contributed by atoms with Gasteiger partial charge in [-0.15, -0.1) is 0 Å². The Labute approximate surface area is 95.9 Å². The van der Waals surface area contributed by atoms with Crippen molar-refractivity contribution in [2.24, 2.45) is 0 Å². The first-order chi connectivity index (χ1) is 7.72. The summed E-state index contributed by atoms with van der Waals surface area (Å²) >= 11 is 0. The number of benzene rings is 1. The first kappa shape index (κ1) is 10.9. The van der Waals surface area contributed by atoms with Crippen LogP contribution in [0.4, 0.5) is 0 Å². The maximum atomic E-state index is 11.5. The topological polar surface area (TPSA) is 26.3 Å². The van der Waals surface area contributed by atoms with Gasteiger partial charge in [-0.05, 0) is 24.5 Å². The molecule has 16 heavy (non-hydrogen) atoms. The normalized spacial score (nSPS) is 20.1. The highest BCUT2D eigenvalue weighted by Gasteiger charge is 2.29. The lowest BCUT2D eigenvalue weighted by molar-refractivity contribution is -0.139. The molecule has 0 saturated carbocycles. The second kappa shape index (κ2) is 4.52. The van der Waals surface area contributed by atoms with Gasteiger partial charge in [-0.2, -0.15) is 0 Å². The van der Waals surface area contributed by atoms with Gasteiger partial charge in [0, 0.05) is 12.0 Å². The van der Waals surface area contributed by atoms with Crippen LogP contribution >= 0.6 is 0 Å². The van der Waals surface area contributed by atoms with E-state index in [4.69, 9.17) is 4.74 Å². The predicted octanol–water partition coefficient (Wildman–Crippen LogP) is 2.88. The first-order valence-electron chi connectivity index (χ1n) is 5.67. The van der Waals surface area contributed by atoms with Gasteiger partial charge in [0.05, 0.1) is 0 Å². The molecule has 1 heterocycles. The largest absolute Gasteiger partial charge is 0.454 e. The van der Waals surface area contributed by atoms with Crippen LogP contribution in [0.2, 0.25) is 0 Å². The molecule has 0 bridgehead atoms. The van der Waals surface area contributed by atoms with Gasteiger partial charge < -0.3 is 4.74 Å². The van der Waals surface area contributed by atoms with Crippen molar-refractivity contribution in [2.75, 3.05) is 0 Å². The Kier molecular flexibility index (Phi) is 3.09. The van der Waals surface area contributed by atoms with Crippen LogP contribution in [0.15, 0.2) is 41.5 Å². The van der Waals surface area contributed by atoms with E-state index in [9.17, 15) is 4.79 Å². The molecule has 2 nitrogen and oxygen atoms in total. The molecule has 0 aliphatic carbocycles. The quantitative estimate of drug-likeness (QED) is 0.726. The second-order valence-corrected chi connectivity index (χ2v) is 4.09. The summed E-state index contributed by atoms with van der Waals surface area (Å²) in [6, 6.07) is 10.1.